The maximum atomic E-state index is 4.87. The van der Waals surface area contributed by atoms with E-state index in [1.54, 1.807) is 0 Å². The number of benzene rings is 2. The van der Waals surface area contributed by atoms with E-state index >= 15 is 0 Å². The molecule has 0 fully saturated rings. The molecular formula is C21H25NS. The van der Waals surface area contributed by atoms with Gasteiger partial charge < -0.3 is 0 Å². The van der Waals surface area contributed by atoms with Crippen molar-refractivity contribution in [2.75, 3.05) is 0 Å². The summed E-state index contributed by atoms with van der Waals surface area (Å²) in [6.45, 7) is 15.3. The van der Waals surface area contributed by atoms with E-state index in [0.717, 1.165) is 10.6 Å². The van der Waals surface area contributed by atoms with Crippen LogP contribution in [0.5, 0.6) is 0 Å². The van der Waals surface area contributed by atoms with Crippen molar-refractivity contribution in [1.29, 1.82) is 0 Å². The van der Waals surface area contributed by atoms with Crippen molar-refractivity contribution in [2.45, 2.75) is 52.0 Å². The van der Waals surface area contributed by atoms with E-state index in [1.165, 1.54) is 27.5 Å². The van der Waals surface area contributed by atoms with Crippen LogP contribution >= 0.6 is 12.6 Å². The molecule has 0 aliphatic carbocycles. The zero-order chi connectivity index (χ0) is 16.9. The molecule has 0 N–H and O–H groups in total. The van der Waals surface area contributed by atoms with Gasteiger partial charge in [-0.25, -0.2) is 0 Å². The highest BCUT2D eigenvalue weighted by Gasteiger charge is 2.30. The van der Waals surface area contributed by atoms with Gasteiger partial charge in [0.25, 0.3) is 0 Å². The Labute approximate surface area is 144 Å². The quantitative estimate of drug-likeness (QED) is 0.630. The van der Waals surface area contributed by atoms with Crippen LogP contribution in [0, 0.1) is 0 Å². The van der Waals surface area contributed by atoms with E-state index in [1.807, 2.05) is 0 Å². The maximum Gasteiger partial charge on any atom is 0.0780 e. The summed E-state index contributed by atoms with van der Waals surface area (Å²) in [5.41, 5.74) is 4.98. The van der Waals surface area contributed by atoms with Gasteiger partial charge in [0, 0.05) is 16.4 Å². The summed E-state index contributed by atoms with van der Waals surface area (Å²) >= 11 is 4.51. The molecule has 0 saturated carbocycles. The summed E-state index contributed by atoms with van der Waals surface area (Å²) in [6, 6.07) is 11.3. The Morgan fingerprint density at radius 2 is 1.74 bits per heavy atom. The second kappa shape index (κ2) is 5.52. The molecule has 2 atom stereocenters. The molecule has 2 unspecified atom stereocenters. The molecule has 1 aliphatic heterocycles. The van der Waals surface area contributed by atoms with E-state index in [-0.39, 0.29) is 11.5 Å². The zero-order valence-electron chi connectivity index (χ0n) is 14.6. The topological polar surface area (TPSA) is 12.4 Å². The minimum Gasteiger partial charge on any atom is -0.280 e. The highest BCUT2D eigenvalue weighted by molar-refractivity contribution is 7.85. The Bertz CT molecular complexity index is 824. The van der Waals surface area contributed by atoms with Crippen LogP contribution in [0.3, 0.4) is 0 Å². The Hall–Kier alpha value is -1.54. The predicted molar refractivity (Wildman–Crippen MR) is 105 cm³/mol. The SMILES string of the molecule is C=C(S)C1=NC(C)C(C)c2c1cc(C(C)(C)C)c1ccccc21. The Morgan fingerprint density at radius 1 is 1.13 bits per heavy atom. The van der Waals surface area contributed by atoms with E-state index < -0.39 is 0 Å². The van der Waals surface area contributed by atoms with Crippen molar-refractivity contribution in [3.8, 4) is 0 Å². The van der Waals surface area contributed by atoms with Gasteiger partial charge in [0.15, 0.2) is 0 Å². The summed E-state index contributed by atoms with van der Waals surface area (Å²) < 4.78 is 0. The van der Waals surface area contributed by atoms with Gasteiger partial charge in [-0.15, -0.1) is 12.6 Å². The van der Waals surface area contributed by atoms with Gasteiger partial charge in [0.2, 0.25) is 0 Å². The van der Waals surface area contributed by atoms with Gasteiger partial charge in [-0.05, 0) is 40.3 Å². The first-order valence-electron chi connectivity index (χ1n) is 8.24. The van der Waals surface area contributed by atoms with Crippen LogP contribution in [0.15, 0.2) is 46.8 Å². The number of thiol groups is 1. The lowest BCUT2D eigenvalue weighted by molar-refractivity contribution is 0.590. The van der Waals surface area contributed by atoms with Crippen LogP contribution in [0.2, 0.25) is 0 Å². The first-order valence-corrected chi connectivity index (χ1v) is 8.69. The second-order valence-electron chi connectivity index (χ2n) is 7.63. The molecular weight excluding hydrogens is 298 g/mol. The zero-order valence-corrected chi connectivity index (χ0v) is 15.5. The van der Waals surface area contributed by atoms with E-state index in [2.05, 4.69) is 84.2 Å². The van der Waals surface area contributed by atoms with Gasteiger partial charge in [-0.3, -0.25) is 4.99 Å². The third kappa shape index (κ3) is 2.63. The lowest BCUT2D eigenvalue weighted by atomic mass is 9.76. The van der Waals surface area contributed by atoms with E-state index in [0.29, 0.717) is 5.92 Å². The minimum absolute atomic E-state index is 0.0734. The number of hydrogen-bond acceptors (Lipinski definition) is 2. The summed E-state index contributed by atoms with van der Waals surface area (Å²) in [7, 11) is 0. The molecule has 1 heterocycles. The lowest BCUT2D eigenvalue weighted by Crippen LogP contribution is -2.24. The predicted octanol–water partition coefficient (Wildman–Crippen LogP) is 5.88. The summed E-state index contributed by atoms with van der Waals surface area (Å²) in [6.07, 6.45) is 0. The smallest absolute Gasteiger partial charge is 0.0780 e. The normalized spacial score (nSPS) is 21.0. The number of rotatable bonds is 1. The van der Waals surface area contributed by atoms with Crippen LogP contribution in [-0.4, -0.2) is 11.8 Å². The van der Waals surface area contributed by atoms with Gasteiger partial charge in [-0.2, -0.15) is 0 Å². The van der Waals surface area contributed by atoms with Gasteiger partial charge in [0.1, 0.15) is 0 Å². The lowest BCUT2D eigenvalue weighted by Gasteiger charge is -2.32. The number of nitrogens with zero attached hydrogens (tertiary/aromatic N) is 1. The third-order valence-corrected chi connectivity index (χ3v) is 5.15. The third-order valence-electron chi connectivity index (χ3n) is 4.93. The van der Waals surface area contributed by atoms with Crippen molar-refractivity contribution in [3.05, 3.63) is 58.5 Å². The molecule has 0 amide bonds. The van der Waals surface area contributed by atoms with Crippen LogP contribution in [0.25, 0.3) is 10.8 Å². The number of allylic oxidation sites excluding steroid dienone is 1. The van der Waals surface area contributed by atoms with Gasteiger partial charge in [0.05, 0.1) is 11.8 Å². The summed E-state index contributed by atoms with van der Waals surface area (Å²) in [5.74, 6) is 0.389. The van der Waals surface area contributed by atoms with Crippen molar-refractivity contribution in [1.82, 2.24) is 0 Å². The largest absolute Gasteiger partial charge is 0.280 e. The fourth-order valence-electron chi connectivity index (χ4n) is 3.56. The molecule has 0 saturated heterocycles. The van der Waals surface area contributed by atoms with Crippen LogP contribution in [0.1, 0.15) is 57.2 Å². The average Bonchev–Trinajstić information content (AvgIpc) is 2.48. The molecule has 1 aliphatic rings. The first kappa shape index (κ1) is 16.3. The second-order valence-corrected chi connectivity index (χ2v) is 8.17. The molecule has 2 aromatic rings. The standard InChI is InChI=1S/C21H25NS/c1-12-13(2)22-20(14(3)23)17-11-18(21(4,5)6)15-9-7-8-10-16(15)19(12)17/h7-13,23H,3H2,1-2,4-6H3. The molecule has 0 radical (unpaired) electrons. The molecule has 2 aromatic carbocycles. The summed E-state index contributed by atoms with van der Waals surface area (Å²) in [5, 5.41) is 2.69. The highest BCUT2D eigenvalue weighted by atomic mass is 32.1. The van der Waals surface area contributed by atoms with Crippen molar-refractivity contribution in [3.63, 3.8) is 0 Å². The number of aliphatic imine (C=N–C) groups is 1. The molecule has 3 rings (SSSR count). The maximum absolute atomic E-state index is 4.87. The fourth-order valence-corrected chi connectivity index (χ4v) is 3.74. The molecule has 2 heteroatoms. The number of hydrogen-bond donors (Lipinski definition) is 1. The molecule has 0 bridgehead atoms. The molecule has 23 heavy (non-hydrogen) atoms. The Balaban J connectivity index is 2.47. The molecule has 0 spiro atoms. The van der Waals surface area contributed by atoms with Crippen molar-refractivity contribution in [2.24, 2.45) is 4.99 Å². The fraction of sp³-hybridized carbons (Fsp3) is 0.381. The molecule has 120 valence electrons. The van der Waals surface area contributed by atoms with E-state index in [9.17, 15) is 0 Å². The Kier molecular flexibility index (Phi) is 3.92. The van der Waals surface area contributed by atoms with Crippen LogP contribution in [0.4, 0.5) is 0 Å². The molecule has 0 aromatic heterocycles. The minimum atomic E-state index is 0.0734. The van der Waals surface area contributed by atoms with Crippen LogP contribution < -0.4 is 0 Å². The Morgan fingerprint density at radius 3 is 2.30 bits per heavy atom. The van der Waals surface area contributed by atoms with Crippen LogP contribution in [-0.2, 0) is 5.41 Å². The van der Waals surface area contributed by atoms with Crippen molar-refractivity contribution < 1.29 is 0 Å². The van der Waals surface area contributed by atoms with Gasteiger partial charge in [-0.1, -0.05) is 58.5 Å². The average molecular weight is 324 g/mol. The summed E-state index contributed by atoms with van der Waals surface area (Å²) in [4.78, 5) is 5.62. The number of fused-ring (bicyclic) bond motifs is 3. The van der Waals surface area contributed by atoms with Gasteiger partial charge >= 0.3 is 0 Å². The van der Waals surface area contributed by atoms with Crippen molar-refractivity contribution >= 4 is 29.1 Å². The monoisotopic (exact) mass is 323 g/mol. The first-order chi connectivity index (χ1) is 10.7. The van der Waals surface area contributed by atoms with E-state index in [4.69, 9.17) is 4.99 Å². The molecule has 1 nitrogen and oxygen atoms in total. The highest BCUT2D eigenvalue weighted by Crippen LogP contribution is 2.41.